The second-order valence-corrected chi connectivity index (χ2v) is 6.94. The van der Waals surface area contributed by atoms with Crippen LogP contribution in [-0.4, -0.2) is 27.3 Å². The average molecular weight is 504 g/mol. The van der Waals surface area contributed by atoms with E-state index in [1.165, 1.54) is 0 Å². The van der Waals surface area contributed by atoms with Crippen LogP contribution in [0.25, 0.3) is 5.82 Å². The second-order valence-electron chi connectivity index (χ2n) is 6.94. The lowest BCUT2D eigenvalue weighted by Gasteiger charge is -2.26. The van der Waals surface area contributed by atoms with Crippen molar-refractivity contribution in [3.63, 3.8) is 0 Å². The first-order valence-electron chi connectivity index (χ1n) is 9.37. The fourth-order valence-electron chi connectivity index (χ4n) is 3.39. The van der Waals surface area contributed by atoms with Crippen molar-refractivity contribution in [1.29, 1.82) is 0 Å². The topological polar surface area (TPSA) is 90.4 Å². The van der Waals surface area contributed by atoms with E-state index in [1.54, 1.807) is 0 Å². The van der Waals surface area contributed by atoms with Gasteiger partial charge in [0.2, 0.25) is 0 Å². The van der Waals surface area contributed by atoms with Crippen molar-refractivity contribution in [1.82, 2.24) is 20.1 Å². The molecule has 1 aliphatic heterocycles. The lowest BCUT2D eigenvalue weighted by atomic mass is 10.0. The van der Waals surface area contributed by atoms with Gasteiger partial charge in [0, 0.05) is 23.9 Å². The van der Waals surface area contributed by atoms with Gasteiger partial charge in [0.15, 0.2) is 11.8 Å². The van der Waals surface area contributed by atoms with Crippen LogP contribution in [0.2, 0.25) is 0 Å². The van der Waals surface area contributed by atoms with Crippen molar-refractivity contribution < 1.29 is 4.74 Å². The minimum Gasteiger partial charge on any atom is -0.493 e. The number of aromatic nitrogens is 3. The molecule has 0 aliphatic carbocycles. The summed E-state index contributed by atoms with van der Waals surface area (Å²) in [6.45, 7) is 5.12. The van der Waals surface area contributed by atoms with Crippen LogP contribution in [0.1, 0.15) is 35.0 Å². The zero-order chi connectivity index (χ0) is 19.5. The highest BCUT2D eigenvalue weighted by molar-refractivity contribution is 14.0. The van der Waals surface area contributed by atoms with E-state index >= 15 is 0 Å². The number of ether oxygens (including phenoxy) is 1. The number of nitrogens with zero attached hydrogens (tertiary/aromatic N) is 4. The van der Waals surface area contributed by atoms with Crippen molar-refractivity contribution in [2.24, 2.45) is 10.7 Å². The van der Waals surface area contributed by atoms with Gasteiger partial charge < -0.3 is 15.8 Å². The molecule has 1 aromatic carbocycles. The third-order valence-electron chi connectivity index (χ3n) is 4.75. The van der Waals surface area contributed by atoms with E-state index in [4.69, 9.17) is 10.5 Å². The van der Waals surface area contributed by atoms with E-state index in [-0.39, 0.29) is 30.0 Å². The van der Waals surface area contributed by atoms with Crippen LogP contribution in [0, 0.1) is 13.8 Å². The molecule has 7 nitrogen and oxygen atoms in total. The summed E-state index contributed by atoms with van der Waals surface area (Å²) in [5.74, 6) is 2.12. The van der Waals surface area contributed by atoms with Gasteiger partial charge in [-0.05, 0) is 37.6 Å². The summed E-state index contributed by atoms with van der Waals surface area (Å²) in [6.07, 6.45) is 2.67. The van der Waals surface area contributed by atoms with E-state index in [0.29, 0.717) is 19.1 Å². The minimum atomic E-state index is 0. The molecule has 3 aromatic rings. The first-order chi connectivity index (χ1) is 13.6. The van der Waals surface area contributed by atoms with Crippen LogP contribution in [0.4, 0.5) is 0 Å². The zero-order valence-electron chi connectivity index (χ0n) is 16.5. The Morgan fingerprint density at radius 3 is 2.83 bits per heavy atom. The van der Waals surface area contributed by atoms with Crippen LogP contribution in [-0.2, 0) is 6.54 Å². The molecule has 3 N–H and O–H groups in total. The van der Waals surface area contributed by atoms with Gasteiger partial charge in [0.05, 0.1) is 24.9 Å². The number of guanidine groups is 1. The lowest BCUT2D eigenvalue weighted by Crippen LogP contribution is -2.37. The molecule has 1 aliphatic rings. The molecule has 0 radical (unpaired) electrons. The molecule has 0 saturated heterocycles. The number of aryl methyl sites for hydroxylation is 2. The zero-order valence-corrected chi connectivity index (χ0v) is 18.8. The van der Waals surface area contributed by atoms with E-state index in [0.717, 1.165) is 40.5 Å². The number of rotatable bonds is 4. The Kier molecular flexibility index (Phi) is 6.73. The summed E-state index contributed by atoms with van der Waals surface area (Å²) in [5.41, 5.74) is 10.2. The molecule has 1 unspecified atom stereocenters. The first kappa shape index (κ1) is 21.1. The number of hydrogen-bond donors (Lipinski definition) is 2. The Morgan fingerprint density at radius 1 is 1.28 bits per heavy atom. The highest BCUT2D eigenvalue weighted by atomic mass is 127. The highest BCUT2D eigenvalue weighted by Crippen LogP contribution is 2.31. The van der Waals surface area contributed by atoms with Gasteiger partial charge >= 0.3 is 0 Å². The SMILES string of the molecule is Cc1cc(C)n(-c2ccc(CN=C(N)NC3CCOc4ccccc43)cn2)n1.I. The summed E-state index contributed by atoms with van der Waals surface area (Å²) in [4.78, 5) is 8.97. The van der Waals surface area contributed by atoms with Gasteiger partial charge in [-0.15, -0.1) is 24.0 Å². The molecule has 0 saturated carbocycles. The molecule has 0 spiro atoms. The molecular formula is C21H25IN6O. The first-order valence-corrected chi connectivity index (χ1v) is 9.37. The third-order valence-corrected chi connectivity index (χ3v) is 4.75. The predicted molar refractivity (Wildman–Crippen MR) is 124 cm³/mol. The van der Waals surface area contributed by atoms with E-state index in [9.17, 15) is 0 Å². The largest absolute Gasteiger partial charge is 0.493 e. The Labute approximate surface area is 187 Å². The van der Waals surface area contributed by atoms with Crippen LogP contribution >= 0.6 is 24.0 Å². The smallest absolute Gasteiger partial charge is 0.189 e. The Bertz CT molecular complexity index is 999. The molecule has 29 heavy (non-hydrogen) atoms. The van der Waals surface area contributed by atoms with Crippen LogP contribution in [0.5, 0.6) is 5.75 Å². The minimum absolute atomic E-state index is 0. The maximum absolute atomic E-state index is 6.12. The fourth-order valence-corrected chi connectivity index (χ4v) is 3.39. The predicted octanol–water partition coefficient (Wildman–Crippen LogP) is 3.43. The molecule has 0 fully saturated rings. The van der Waals surface area contributed by atoms with Gasteiger partial charge in [-0.3, -0.25) is 0 Å². The summed E-state index contributed by atoms with van der Waals surface area (Å²) in [7, 11) is 0. The Balaban J connectivity index is 0.00000240. The molecule has 0 amide bonds. The normalized spacial score (nSPS) is 15.8. The van der Waals surface area contributed by atoms with E-state index in [2.05, 4.69) is 26.5 Å². The van der Waals surface area contributed by atoms with Crippen LogP contribution < -0.4 is 15.8 Å². The van der Waals surface area contributed by atoms with Gasteiger partial charge in [-0.25, -0.2) is 14.7 Å². The lowest BCUT2D eigenvalue weighted by molar-refractivity contribution is 0.262. The maximum atomic E-state index is 6.12. The number of fused-ring (bicyclic) bond motifs is 1. The van der Waals surface area contributed by atoms with Gasteiger partial charge in [0.1, 0.15) is 5.75 Å². The Hall–Kier alpha value is -2.62. The number of para-hydroxylation sites is 1. The Morgan fingerprint density at radius 2 is 2.10 bits per heavy atom. The van der Waals surface area contributed by atoms with Crippen molar-refractivity contribution in [3.8, 4) is 11.6 Å². The average Bonchev–Trinajstić information content (AvgIpc) is 3.05. The summed E-state index contributed by atoms with van der Waals surface area (Å²) in [5, 5.41) is 7.76. The summed E-state index contributed by atoms with van der Waals surface area (Å²) in [6, 6.07) is 14.1. The number of aliphatic imine (C=N–C) groups is 1. The second kappa shape index (κ2) is 9.25. The number of halogens is 1. The molecule has 0 bridgehead atoms. The van der Waals surface area contributed by atoms with Crippen molar-refractivity contribution in [2.45, 2.75) is 32.9 Å². The molecule has 3 heterocycles. The van der Waals surface area contributed by atoms with Crippen LogP contribution in [0.3, 0.4) is 0 Å². The van der Waals surface area contributed by atoms with Gasteiger partial charge in [-0.1, -0.05) is 24.3 Å². The van der Waals surface area contributed by atoms with E-state index < -0.39 is 0 Å². The van der Waals surface area contributed by atoms with Gasteiger partial charge in [0.25, 0.3) is 0 Å². The number of nitrogens with one attached hydrogen (secondary N) is 1. The highest BCUT2D eigenvalue weighted by Gasteiger charge is 2.21. The number of pyridine rings is 1. The van der Waals surface area contributed by atoms with Gasteiger partial charge in [-0.2, -0.15) is 5.10 Å². The molecule has 1 atom stereocenters. The summed E-state index contributed by atoms with van der Waals surface area (Å²) >= 11 is 0. The number of hydrogen-bond acceptors (Lipinski definition) is 4. The maximum Gasteiger partial charge on any atom is 0.189 e. The molecule has 4 rings (SSSR count). The molecular weight excluding hydrogens is 479 g/mol. The van der Waals surface area contributed by atoms with Crippen molar-refractivity contribution >= 4 is 29.9 Å². The standard InChI is InChI=1S/C21H24N6O.HI/c1-14-11-15(2)27(26-14)20-8-7-16(12-23-20)13-24-21(22)25-18-9-10-28-19-6-4-3-5-17(18)19;/h3-8,11-12,18H,9-10,13H2,1-2H3,(H3,22,24,25);1H. The number of benzene rings is 1. The van der Waals surface area contributed by atoms with Crippen LogP contribution in [0.15, 0.2) is 53.7 Å². The number of nitrogens with two attached hydrogens (primary N) is 1. The third kappa shape index (κ3) is 4.87. The van der Waals surface area contributed by atoms with Crippen molar-refractivity contribution in [2.75, 3.05) is 6.61 Å². The van der Waals surface area contributed by atoms with Crippen molar-refractivity contribution in [3.05, 3.63) is 71.2 Å². The quantitative estimate of drug-likeness (QED) is 0.323. The molecule has 8 heteroatoms. The monoisotopic (exact) mass is 504 g/mol. The molecule has 2 aromatic heterocycles. The summed E-state index contributed by atoms with van der Waals surface area (Å²) < 4.78 is 7.52. The fraction of sp³-hybridized carbons (Fsp3) is 0.286. The van der Waals surface area contributed by atoms with E-state index in [1.807, 2.05) is 61.1 Å². The molecule has 152 valence electrons.